The van der Waals surface area contributed by atoms with E-state index < -0.39 is 11.8 Å². The summed E-state index contributed by atoms with van der Waals surface area (Å²) in [7, 11) is 3.04. The molecule has 0 aliphatic carbocycles. The Morgan fingerprint density at radius 1 is 1.26 bits per heavy atom. The van der Waals surface area contributed by atoms with E-state index in [0.29, 0.717) is 21.5 Å². The van der Waals surface area contributed by atoms with Crippen LogP contribution in [0.1, 0.15) is 12.5 Å². The number of likely N-dealkylation sites (N-methyl/N-ethyl adjacent to an activating group) is 2. The number of nitrogens with zero attached hydrogens (tertiary/aromatic N) is 2. The van der Waals surface area contributed by atoms with Crippen LogP contribution in [0, 0.1) is 3.57 Å². The Labute approximate surface area is 152 Å². The molecular weight excluding hydrogens is 431 g/mol. The van der Waals surface area contributed by atoms with Crippen molar-refractivity contribution in [1.82, 2.24) is 9.80 Å². The first-order chi connectivity index (χ1) is 10.8. The molecule has 0 unspecified atom stereocenters. The lowest BCUT2D eigenvalue weighted by molar-refractivity contribution is -0.132. The maximum Gasteiger partial charge on any atom is 0.265 e. The van der Waals surface area contributed by atoms with Crippen LogP contribution in [0.4, 0.5) is 0 Å². The van der Waals surface area contributed by atoms with Crippen LogP contribution in [0.2, 0.25) is 0 Å². The SMILES string of the molecule is CCOc1cc(C=C2C(=O)N(C)C(=S)N(C)C2=O)cc(I)c1O. The van der Waals surface area contributed by atoms with E-state index in [1.165, 1.54) is 30.0 Å². The molecule has 1 N–H and O–H groups in total. The zero-order valence-electron chi connectivity index (χ0n) is 12.8. The van der Waals surface area contributed by atoms with E-state index in [4.69, 9.17) is 17.0 Å². The Balaban J connectivity index is 2.50. The summed E-state index contributed by atoms with van der Waals surface area (Å²) in [6, 6.07) is 3.25. The van der Waals surface area contributed by atoms with Gasteiger partial charge in [-0.25, -0.2) is 0 Å². The maximum atomic E-state index is 12.3. The Morgan fingerprint density at radius 2 is 1.83 bits per heavy atom. The second kappa shape index (κ2) is 6.83. The molecule has 6 nitrogen and oxygen atoms in total. The number of rotatable bonds is 3. The standard InChI is InChI=1S/C15H15IN2O4S/c1-4-22-11-7-8(6-10(16)12(11)19)5-9-13(20)17(2)15(23)18(3)14(9)21/h5-7,19H,4H2,1-3H3. The van der Waals surface area contributed by atoms with Crippen LogP contribution in [0.3, 0.4) is 0 Å². The minimum atomic E-state index is -0.459. The van der Waals surface area contributed by atoms with Crippen molar-refractivity contribution in [3.05, 3.63) is 26.8 Å². The van der Waals surface area contributed by atoms with Crippen LogP contribution in [-0.4, -0.2) is 52.5 Å². The Hall–Kier alpha value is -1.68. The van der Waals surface area contributed by atoms with E-state index in [0.717, 1.165) is 0 Å². The first-order valence-electron chi connectivity index (χ1n) is 6.75. The second-order valence-corrected chi connectivity index (χ2v) is 6.38. The van der Waals surface area contributed by atoms with E-state index in [2.05, 4.69) is 0 Å². The Bertz CT molecular complexity index is 706. The lowest BCUT2D eigenvalue weighted by Gasteiger charge is -2.31. The van der Waals surface area contributed by atoms with Gasteiger partial charge in [-0.2, -0.15) is 0 Å². The minimum Gasteiger partial charge on any atom is -0.504 e. The molecule has 1 aromatic rings. The summed E-state index contributed by atoms with van der Waals surface area (Å²) in [5.74, 6) is -0.580. The van der Waals surface area contributed by atoms with Crippen LogP contribution in [-0.2, 0) is 9.59 Å². The average molecular weight is 446 g/mol. The predicted octanol–water partition coefficient (Wildman–Crippen LogP) is 1.99. The molecule has 0 spiro atoms. The van der Waals surface area contributed by atoms with Crippen molar-refractivity contribution in [2.45, 2.75) is 6.92 Å². The molecule has 1 fully saturated rings. The smallest absolute Gasteiger partial charge is 0.265 e. The van der Waals surface area contributed by atoms with Crippen molar-refractivity contribution in [3.63, 3.8) is 0 Å². The van der Waals surface area contributed by atoms with Gasteiger partial charge in [0.1, 0.15) is 5.57 Å². The maximum absolute atomic E-state index is 12.3. The molecule has 1 aliphatic heterocycles. The molecule has 0 aromatic heterocycles. The first-order valence-corrected chi connectivity index (χ1v) is 8.23. The molecule has 122 valence electrons. The van der Waals surface area contributed by atoms with Gasteiger partial charge in [0.25, 0.3) is 11.8 Å². The van der Waals surface area contributed by atoms with E-state index in [1.807, 2.05) is 22.6 Å². The highest BCUT2D eigenvalue weighted by Gasteiger charge is 2.35. The van der Waals surface area contributed by atoms with E-state index in [1.54, 1.807) is 19.1 Å². The number of phenolic OH excluding ortho intramolecular Hbond substituents is 1. The number of aromatic hydroxyl groups is 1. The van der Waals surface area contributed by atoms with Gasteiger partial charge in [0.2, 0.25) is 0 Å². The fourth-order valence-electron chi connectivity index (χ4n) is 2.08. The number of hydrogen-bond donors (Lipinski definition) is 1. The number of carbonyl (C=O) groups excluding carboxylic acids is 2. The summed E-state index contributed by atoms with van der Waals surface area (Å²) >= 11 is 7.01. The number of ether oxygens (including phenoxy) is 1. The summed E-state index contributed by atoms with van der Waals surface area (Å²) < 4.78 is 5.93. The van der Waals surface area contributed by atoms with E-state index in [9.17, 15) is 14.7 Å². The minimum absolute atomic E-state index is 0.00698. The summed E-state index contributed by atoms with van der Waals surface area (Å²) in [5.41, 5.74) is 0.592. The first kappa shape index (κ1) is 17.7. The largest absolute Gasteiger partial charge is 0.504 e. The van der Waals surface area contributed by atoms with Gasteiger partial charge in [-0.1, -0.05) is 0 Å². The molecule has 2 rings (SSSR count). The highest BCUT2D eigenvalue weighted by atomic mass is 127. The third-order valence-electron chi connectivity index (χ3n) is 3.31. The molecule has 0 radical (unpaired) electrons. The monoisotopic (exact) mass is 446 g/mol. The second-order valence-electron chi connectivity index (χ2n) is 4.85. The number of hydrogen-bond acceptors (Lipinski definition) is 5. The van der Waals surface area contributed by atoms with Gasteiger partial charge in [-0.3, -0.25) is 19.4 Å². The predicted molar refractivity (Wildman–Crippen MR) is 98.1 cm³/mol. The molecular formula is C15H15IN2O4S. The molecule has 1 aliphatic rings. The zero-order valence-corrected chi connectivity index (χ0v) is 15.8. The van der Waals surface area contributed by atoms with Crippen LogP contribution < -0.4 is 4.74 Å². The van der Waals surface area contributed by atoms with Crippen molar-refractivity contribution in [3.8, 4) is 11.5 Å². The molecule has 8 heteroatoms. The number of carbonyl (C=O) groups is 2. The molecule has 0 bridgehead atoms. The Morgan fingerprint density at radius 3 is 2.35 bits per heavy atom. The van der Waals surface area contributed by atoms with Gasteiger partial charge in [0, 0.05) is 14.1 Å². The third-order valence-corrected chi connectivity index (χ3v) is 4.68. The van der Waals surface area contributed by atoms with Crippen LogP contribution in [0.25, 0.3) is 6.08 Å². The van der Waals surface area contributed by atoms with Crippen LogP contribution >= 0.6 is 34.8 Å². The summed E-state index contributed by atoms with van der Waals surface area (Å²) in [4.78, 5) is 27.1. The topological polar surface area (TPSA) is 70.1 Å². The highest BCUT2D eigenvalue weighted by Crippen LogP contribution is 2.33. The van der Waals surface area contributed by atoms with Gasteiger partial charge in [-0.15, -0.1) is 0 Å². The van der Waals surface area contributed by atoms with E-state index >= 15 is 0 Å². The fraction of sp³-hybridized carbons (Fsp3) is 0.267. The molecule has 0 saturated carbocycles. The number of phenols is 1. The Kier molecular flexibility index (Phi) is 5.25. The normalized spacial score (nSPS) is 15.3. The van der Waals surface area contributed by atoms with Gasteiger partial charge >= 0.3 is 0 Å². The number of thiocarbonyl (C=S) groups is 1. The summed E-state index contributed by atoms with van der Waals surface area (Å²) in [6.45, 7) is 2.19. The lowest BCUT2D eigenvalue weighted by Crippen LogP contribution is -2.52. The summed E-state index contributed by atoms with van der Waals surface area (Å²) in [6.07, 6.45) is 1.48. The molecule has 1 saturated heterocycles. The van der Waals surface area contributed by atoms with Crippen molar-refractivity contribution in [2.75, 3.05) is 20.7 Å². The fourth-order valence-corrected chi connectivity index (χ4v) is 2.88. The number of benzene rings is 1. The van der Waals surface area contributed by atoms with E-state index in [-0.39, 0.29) is 16.4 Å². The van der Waals surface area contributed by atoms with Gasteiger partial charge in [-0.05, 0) is 65.5 Å². The molecule has 2 amide bonds. The highest BCUT2D eigenvalue weighted by molar-refractivity contribution is 14.1. The summed E-state index contributed by atoms with van der Waals surface area (Å²) in [5, 5.41) is 10.1. The average Bonchev–Trinajstić information content (AvgIpc) is 2.52. The quantitative estimate of drug-likeness (QED) is 0.333. The molecule has 1 heterocycles. The van der Waals surface area contributed by atoms with Crippen molar-refractivity contribution in [1.29, 1.82) is 0 Å². The van der Waals surface area contributed by atoms with Crippen molar-refractivity contribution < 1.29 is 19.4 Å². The van der Waals surface area contributed by atoms with Crippen molar-refractivity contribution >= 4 is 57.8 Å². The van der Waals surface area contributed by atoms with Crippen molar-refractivity contribution in [2.24, 2.45) is 0 Å². The molecule has 0 atom stereocenters. The molecule has 1 aromatic carbocycles. The van der Waals surface area contributed by atoms with Crippen LogP contribution in [0.15, 0.2) is 17.7 Å². The van der Waals surface area contributed by atoms with Crippen LogP contribution in [0.5, 0.6) is 11.5 Å². The van der Waals surface area contributed by atoms with Gasteiger partial charge in [0.15, 0.2) is 16.6 Å². The number of halogens is 1. The number of amides is 2. The lowest BCUT2D eigenvalue weighted by atomic mass is 10.1. The zero-order chi connectivity index (χ0) is 17.3. The molecule has 23 heavy (non-hydrogen) atoms. The third kappa shape index (κ3) is 3.32. The van der Waals surface area contributed by atoms with Gasteiger partial charge in [0.05, 0.1) is 10.2 Å². The van der Waals surface area contributed by atoms with Gasteiger partial charge < -0.3 is 9.84 Å².